The standard InChI is InChI=1S/C29H31N3O5/c1-5-31(6-2)21-9-7-20(8-10-21)26-25(27(33)23-17-22(36-3)11-12-24(23)37-4)28(34)29(35)32(26)18-19-13-15-30-16-14-19/h7-17,26,33H,5-6,18H2,1-4H3/b27-25+. The molecule has 2 aromatic carbocycles. The smallest absolute Gasteiger partial charge is 0.295 e. The highest BCUT2D eigenvalue weighted by atomic mass is 16.5. The number of ether oxygens (including phenoxy) is 2. The average Bonchev–Trinajstić information content (AvgIpc) is 3.18. The van der Waals surface area contributed by atoms with Gasteiger partial charge in [0.1, 0.15) is 17.3 Å². The van der Waals surface area contributed by atoms with E-state index in [9.17, 15) is 14.7 Å². The molecule has 1 aliphatic heterocycles. The molecule has 0 aliphatic carbocycles. The SMILES string of the molecule is CCN(CC)c1ccc(C2/C(=C(\O)c3cc(OC)ccc3OC)C(=O)C(=O)N2Cc2ccncc2)cc1. The van der Waals surface area contributed by atoms with Gasteiger partial charge < -0.3 is 24.4 Å². The molecule has 1 fully saturated rings. The highest BCUT2D eigenvalue weighted by Crippen LogP contribution is 2.42. The lowest BCUT2D eigenvalue weighted by Crippen LogP contribution is -2.29. The second-order valence-electron chi connectivity index (χ2n) is 8.61. The molecule has 0 bridgehead atoms. The molecule has 0 saturated carbocycles. The molecule has 37 heavy (non-hydrogen) atoms. The third-order valence-electron chi connectivity index (χ3n) is 6.64. The third kappa shape index (κ3) is 5.00. The molecule has 1 N–H and O–H groups in total. The largest absolute Gasteiger partial charge is 0.507 e. The second kappa shape index (κ2) is 11.2. The van der Waals surface area contributed by atoms with Crippen molar-refractivity contribution < 1.29 is 24.2 Å². The van der Waals surface area contributed by atoms with E-state index in [1.165, 1.54) is 19.1 Å². The van der Waals surface area contributed by atoms with Crippen LogP contribution in [-0.4, -0.2) is 54.0 Å². The second-order valence-corrected chi connectivity index (χ2v) is 8.61. The lowest BCUT2D eigenvalue weighted by Gasteiger charge is -2.27. The number of hydrogen-bond donors (Lipinski definition) is 1. The maximum Gasteiger partial charge on any atom is 0.295 e. The Morgan fingerprint density at radius 2 is 1.65 bits per heavy atom. The van der Waals surface area contributed by atoms with Gasteiger partial charge in [-0.25, -0.2) is 0 Å². The summed E-state index contributed by atoms with van der Waals surface area (Å²) < 4.78 is 10.8. The molecule has 1 amide bonds. The van der Waals surface area contributed by atoms with E-state index in [0.717, 1.165) is 24.3 Å². The van der Waals surface area contributed by atoms with Gasteiger partial charge in [0, 0.05) is 37.7 Å². The number of methoxy groups -OCH3 is 2. The van der Waals surface area contributed by atoms with Gasteiger partial charge in [-0.1, -0.05) is 12.1 Å². The summed E-state index contributed by atoms with van der Waals surface area (Å²) in [6, 6.07) is 15.5. The lowest BCUT2D eigenvalue weighted by atomic mass is 9.94. The number of aromatic nitrogens is 1. The van der Waals surface area contributed by atoms with Gasteiger partial charge in [0.15, 0.2) is 0 Å². The predicted octanol–water partition coefficient (Wildman–Crippen LogP) is 4.57. The number of Topliss-reactive ketones (excluding diaryl/α,β-unsaturated/α-hetero) is 1. The molecular formula is C29H31N3O5. The first-order valence-corrected chi connectivity index (χ1v) is 12.2. The lowest BCUT2D eigenvalue weighted by molar-refractivity contribution is -0.140. The van der Waals surface area contributed by atoms with E-state index in [1.807, 2.05) is 24.3 Å². The Bertz CT molecular complexity index is 1300. The van der Waals surface area contributed by atoms with Crippen LogP contribution < -0.4 is 14.4 Å². The van der Waals surface area contributed by atoms with Crippen LogP contribution in [0.25, 0.3) is 5.76 Å². The fraction of sp³-hybridized carbons (Fsp3) is 0.276. The molecule has 0 radical (unpaired) electrons. The summed E-state index contributed by atoms with van der Waals surface area (Å²) in [5.41, 5.74) is 2.84. The number of amides is 1. The number of rotatable bonds is 9. The zero-order chi connectivity index (χ0) is 26.5. The molecule has 0 spiro atoms. The summed E-state index contributed by atoms with van der Waals surface area (Å²) >= 11 is 0. The van der Waals surface area contributed by atoms with Crippen LogP contribution in [-0.2, 0) is 16.1 Å². The number of ketones is 1. The van der Waals surface area contributed by atoms with Gasteiger partial charge in [-0.3, -0.25) is 14.6 Å². The van der Waals surface area contributed by atoms with Crippen molar-refractivity contribution in [3.63, 3.8) is 0 Å². The van der Waals surface area contributed by atoms with E-state index >= 15 is 0 Å². The molecule has 8 nitrogen and oxygen atoms in total. The molecule has 1 saturated heterocycles. The number of nitrogens with zero attached hydrogens (tertiary/aromatic N) is 3. The maximum absolute atomic E-state index is 13.4. The van der Waals surface area contributed by atoms with Gasteiger partial charge in [-0.05, 0) is 67.4 Å². The van der Waals surface area contributed by atoms with Gasteiger partial charge in [0.05, 0.1) is 31.4 Å². The first-order chi connectivity index (χ1) is 17.9. The Kier molecular flexibility index (Phi) is 7.77. The normalized spacial score (nSPS) is 16.6. The van der Waals surface area contributed by atoms with Crippen molar-refractivity contribution in [2.75, 3.05) is 32.2 Å². The van der Waals surface area contributed by atoms with Crippen LogP contribution in [0, 0.1) is 0 Å². The molecule has 1 unspecified atom stereocenters. The zero-order valence-corrected chi connectivity index (χ0v) is 21.5. The quantitative estimate of drug-likeness (QED) is 0.261. The fourth-order valence-corrected chi connectivity index (χ4v) is 4.67. The van der Waals surface area contributed by atoms with Gasteiger partial charge in [-0.2, -0.15) is 0 Å². The Balaban J connectivity index is 1.88. The molecule has 1 aliphatic rings. The van der Waals surface area contributed by atoms with Gasteiger partial charge in [0.25, 0.3) is 11.7 Å². The number of benzene rings is 2. The number of hydrogen-bond acceptors (Lipinski definition) is 7. The van der Waals surface area contributed by atoms with Crippen molar-refractivity contribution in [1.29, 1.82) is 0 Å². The van der Waals surface area contributed by atoms with Crippen LogP contribution >= 0.6 is 0 Å². The monoisotopic (exact) mass is 501 g/mol. The van der Waals surface area contributed by atoms with E-state index in [2.05, 4.69) is 23.7 Å². The summed E-state index contributed by atoms with van der Waals surface area (Å²) in [7, 11) is 2.99. The van der Waals surface area contributed by atoms with Crippen LogP contribution in [0.2, 0.25) is 0 Å². The zero-order valence-electron chi connectivity index (χ0n) is 21.5. The van der Waals surface area contributed by atoms with Crippen molar-refractivity contribution in [3.05, 3.63) is 89.3 Å². The highest BCUT2D eigenvalue weighted by molar-refractivity contribution is 6.46. The minimum Gasteiger partial charge on any atom is -0.507 e. The maximum atomic E-state index is 13.4. The first-order valence-electron chi connectivity index (χ1n) is 12.2. The topological polar surface area (TPSA) is 92.2 Å². The summed E-state index contributed by atoms with van der Waals surface area (Å²) in [4.78, 5) is 34.5. The summed E-state index contributed by atoms with van der Waals surface area (Å²) in [6.07, 6.45) is 3.28. The average molecular weight is 502 g/mol. The van der Waals surface area contributed by atoms with Crippen molar-refractivity contribution in [2.45, 2.75) is 26.4 Å². The molecule has 2 heterocycles. The number of aliphatic hydroxyl groups is 1. The van der Waals surface area contributed by atoms with E-state index in [-0.39, 0.29) is 23.4 Å². The van der Waals surface area contributed by atoms with Crippen molar-refractivity contribution >= 4 is 23.1 Å². The van der Waals surface area contributed by atoms with E-state index in [4.69, 9.17) is 9.47 Å². The number of carbonyl (C=O) groups excluding carboxylic acids is 2. The van der Waals surface area contributed by atoms with Crippen molar-refractivity contribution in [3.8, 4) is 11.5 Å². The summed E-state index contributed by atoms with van der Waals surface area (Å²) in [5, 5.41) is 11.5. The highest BCUT2D eigenvalue weighted by Gasteiger charge is 2.46. The molecular weight excluding hydrogens is 470 g/mol. The Hall–Kier alpha value is -4.33. The number of anilines is 1. The number of pyridine rings is 1. The summed E-state index contributed by atoms with van der Waals surface area (Å²) in [6.45, 7) is 6.06. The molecule has 192 valence electrons. The number of likely N-dealkylation sites (tertiary alicyclic amines) is 1. The van der Waals surface area contributed by atoms with Gasteiger partial charge in [0.2, 0.25) is 0 Å². The predicted molar refractivity (Wildman–Crippen MR) is 142 cm³/mol. The van der Waals surface area contributed by atoms with E-state index < -0.39 is 17.7 Å². The van der Waals surface area contributed by atoms with Crippen molar-refractivity contribution in [2.24, 2.45) is 0 Å². The van der Waals surface area contributed by atoms with Crippen LogP contribution in [0.4, 0.5) is 5.69 Å². The molecule has 1 atom stereocenters. The van der Waals surface area contributed by atoms with Crippen LogP contribution in [0.1, 0.15) is 36.6 Å². The first kappa shape index (κ1) is 25.8. The molecule has 8 heteroatoms. The third-order valence-corrected chi connectivity index (χ3v) is 6.64. The van der Waals surface area contributed by atoms with Crippen molar-refractivity contribution in [1.82, 2.24) is 9.88 Å². The fourth-order valence-electron chi connectivity index (χ4n) is 4.67. The summed E-state index contributed by atoms with van der Waals surface area (Å²) in [5.74, 6) is -0.917. The molecule has 4 rings (SSSR count). The molecule has 1 aromatic heterocycles. The Morgan fingerprint density at radius 3 is 2.24 bits per heavy atom. The van der Waals surface area contributed by atoms with E-state index in [1.54, 1.807) is 42.7 Å². The number of aliphatic hydroxyl groups excluding tert-OH is 1. The Morgan fingerprint density at radius 1 is 0.973 bits per heavy atom. The minimum atomic E-state index is -0.796. The van der Waals surface area contributed by atoms with Crippen LogP contribution in [0.5, 0.6) is 11.5 Å². The number of carbonyl (C=O) groups is 2. The van der Waals surface area contributed by atoms with E-state index in [0.29, 0.717) is 17.1 Å². The van der Waals surface area contributed by atoms with Crippen LogP contribution in [0.3, 0.4) is 0 Å². The van der Waals surface area contributed by atoms with Gasteiger partial charge in [-0.15, -0.1) is 0 Å². The van der Waals surface area contributed by atoms with Gasteiger partial charge >= 0.3 is 0 Å². The Labute approximate surface area is 216 Å². The van der Waals surface area contributed by atoms with Crippen LogP contribution in [0.15, 0.2) is 72.6 Å². The molecule has 3 aromatic rings. The minimum absolute atomic E-state index is 0.00111.